The average molecular weight is 429 g/mol. The number of rotatable bonds is 5. The van der Waals surface area contributed by atoms with Crippen LogP contribution in [-0.2, 0) is 14.8 Å². The molecule has 0 unspecified atom stereocenters. The van der Waals surface area contributed by atoms with Crippen LogP contribution in [0, 0.1) is 5.82 Å². The molecule has 0 spiro atoms. The van der Waals surface area contributed by atoms with Gasteiger partial charge in [-0.2, -0.15) is 4.31 Å². The number of carbonyl (C=O) groups is 1. The molecule has 7 nitrogen and oxygen atoms in total. The van der Waals surface area contributed by atoms with Crippen LogP contribution in [0.4, 0.5) is 10.1 Å². The molecule has 2 aromatic rings. The Kier molecular flexibility index (Phi) is 6.07. The zero-order valence-corrected chi connectivity index (χ0v) is 16.5. The molecule has 1 heterocycles. The van der Waals surface area contributed by atoms with Crippen LogP contribution >= 0.6 is 11.6 Å². The topological polar surface area (TPSA) is 84.9 Å². The Balaban J connectivity index is 1.73. The van der Waals surface area contributed by atoms with Crippen LogP contribution in [0.25, 0.3) is 0 Å². The Morgan fingerprint density at radius 1 is 1.18 bits per heavy atom. The fourth-order valence-corrected chi connectivity index (χ4v) is 3.85. The van der Waals surface area contributed by atoms with Crippen LogP contribution in [0.1, 0.15) is 6.42 Å². The second kappa shape index (κ2) is 8.34. The van der Waals surface area contributed by atoms with Crippen LogP contribution in [0.2, 0.25) is 5.02 Å². The van der Waals surface area contributed by atoms with E-state index in [4.69, 9.17) is 21.1 Å². The summed E-state index contributed by atoms with van der Waals surface area (Å²) in [4.78, 5) is 12.1. The summed E-state index contributed by atoms with van der Waals surface area (Å²) in [5.41, 5.74) is -0.0872. The van der Waals surface area contributed by atoms with Crippen LogP contribution < -0.4 is 14.8 Å². The van der Waals surface area contributed by atoms with Crippen molar-refractivity contribution in [3.05, 3.63) is 47.2 Å². The number of benzene rings is 2. The highest BCUT2D eigenvalue weighted by molar-refractivity contribution is 7.89. The van der Waals surface area contributed by atoms with Gasteiger partial charge in [0.2, 0.25) is 15.9 Å². The van der Waals surface area contributed by atoms with E-state index >= 15 is 0 Å². The van der Waals surface area contributed by atoms with Crippen molar-refractivity contribution in [2.24, 2.45) is 0 Å². The van der Waals surface area contributed by atoms with Gasteiger partial charge in [0.05, 0.1) is 30.3 Å². The summed E-state index contributed by atoms with van der Waals surface area (Å²) < 4.78 is 51.2. The Morgan fingerprint density at radius 2 is 1.89 bits per heavy atom. The molecule has 3 rings (SSSR count). The zero-order chi connectivity index (χ0) is 20.3. The summed E-state index contributed by atoms with van der Waals surface area (Å²) in [6.45, 7) is 0.403. The van der Waals surface area contributed by atoms with Crippen molar-refractivity contribution >= 4 is 33.2 Å². The van der Waals surface area contributed by atoms with E-state index in [2.05, 4.69) is 5.32 Å². The van der Waals surface area contributed by atoms with Crippen molar-refractivity contribution in [3.63, 3.8) is 0 Å². The summed E-state index contributed by atoms with van der Waals surface area (Å²) in [7, 11) is -2.71. The lowest BCUT2D eigenvalue weighted by Crippen LogP contribution is -2.35. The number of carbonyl (C=O) groups excluding carboxylic acids is 1. The molecule has 10 heteroatoms. The fraction of sp³-hybridized carbons (Fsp3) is 0.278. The normalized spacial score (nSPS) is 13.9. The van der Waals surface area contributed by atoms with E-state index in [1.165, 1.54) is 37.4 Å². The Bertz CT molecular complexity index is 999. The van der Waals surface area contributed by atoms with Gasteiger partial charge in [-0.3, -0.25) is 4.79 Å². The highest BCUT2D eigenvalue weighted by Gasteiger charge is 2.25. The fourth-order valence-electron chi connectivity index (χ4n) is 2.55. The third kappa shape index (κ3) is 4.54. The Labute approximate surface area is 167 Å². The number of fused-ring (bicyclic) bond motifs is 1. The standard InChI is InChI=1S/C18H18ClFN2O5S/c1-22(11-18(23)21-15-5-3-12(19)9-14(15)20)28(24,25)13-4-6-16-17(10-13)27-8-2-7-26-16/h3-6,9-10H,2,7-8,11H2,1H3,(H,21,23). The Hall–Kier alpha value is -2.36. The summed E-state index contributed by atoms with van der Waals surface area (Å²) in [6.07, 6.45) is 0.693. The molecule has 150 valence electrons. The maximum atomic E-state index is 13.8. The van der Waals surface area contributed by atoms with Crippen molar-refractivity contribution in [1.82, 2.24) is 4.31 Å². The van der Waals surface area contributed by atoms with E-state index < -0.39 is 28.3 Å². The minimum absolute atomic E-state index is 0.0373. The number of anilines is 1. The number of nitrogens with one attached hydrogen (secondary N) is 1. The van der Waals surface area contributed by atoms with Crippen molar-refractivity contribution in [1.29, 1.82) is 0 Å². The van der Waals surface area contributed by atoms with E-state index in [0.29, 0.717) is 31.1 Å². The zero-order valence-electron chi connectivity index (χ0n) is 14.9. The van der Waals surface area contributed by atoms with E-state index in [-0.39, 0.29) is 15.6 Å². The van der Waals surface area contributed by atoms with Crippen LogP contribution in [0.5, 0.6) is 11.5 Å². The van der Waals surface area contributed by atoms with E-state index in [1.807, 2.05) is 0 Å². The average Bonchev–Trinajstić information content (AvgIpc) is 2.88. The van der Waals surface area contributed by atoms with Gasteiger partial charge in [0.25, 0.3) is 0 Å². The maximum Gasteiger partial charge on any atom is 0.243 e. The van der Waals surface area contributed by atoms with Crippen molar-refractivity contribution < 1.29 is 27.1 Å². The van der Waals surface area contributed by atoms with E-state index in [1.54, 1.807) is 0 Å². The molecule has 0 bridgehead atoms. The molecule has 0 fully saturated rings. The number of likely N-dealkylation sites (N-methyl/N-ethyl adjacent to an activating group) is 1. The number of ether oxygens (including phenoxy) is 2. The second-order valence-corrected chi connectivity index (χ2v) is 8.57. The highest BCUT2D eigenvalue weighted by atomic mass is 35.5. The summed E-state index contributed by atoms with van der Waals surface area (Å²) in [5.74, 6) is -0.606. The summed E-state index contributed by atoms with van der Waals surface area (Å²) in [5, 5.41) is 2.51. The third-order valence-corrected chi connectivity index (χ3v) is 6.03. The first kappa shape index (κ1) is 20.4. The number of amides is 1. The van der Waals surface area contributed by atoms with Crippen molar-refractivity contribution in [3.8, 4) is 11.5 Å². The predicted octanol–water partition coefficient (Wildman–Crippen LogP) is 2.90. The van der Waals surface area contributed by atoms with Crippen molar-refractivity contribution in [2.45, 2.75) is 11.3 Å². The smallest absolute Gasteiger partial charge is 0.243 e. The summed E-state index contributed by atoms with van der Waals surface area (Å²) >= 11 is 5.67. The number of hydrogen-bond donors (Lipinski definition) is 1. The van der Waals surface area contributed by atoms with Gasteiger partial charge in [-0.25, -0.2) is 12.8 Å². The van der Waals surface area contributed by atoms with Crippen LogP contribution in [0.15, 0.2) is 41.3 Å². The quantitative estimate of drug-likeness (QED) is 0.791. The van der Waals surface area contributed by atoms with Gasteiger partial charge in [0.15, 0.2) is 11.5 Å². The molecule has 28 heavy (non-hydrogen) atoms. The van der Waals surface area contributed by atoms with Gasteiger partial charge < -0.3 is 14.8 Å². The first-order valence-corrected chi connectivity index (χ1v) is 10.2. The molecule has 1 aliphatic heterocycles. The maximum absolute atomic E-state index is 13.8. The van der Waals surface area contributed by atoms with Gasteiger partial charge in [0, 0.05) is 24.6 Å². The van der Waals surface area contributed by atoms with E-state index in [9.17, 15) is 17.6 Å². The second-order valence-electron chi connectivity index (χ2n) is 6.09. The van der Waals surface area contributed by atoms with Gasteiger partial charge in [-0.1, -0.05) is 11.6 Å². The molecule has 1 aliphatic rings. The minimum atomic E-state index is -3.97. The molecule has 0 aromatic heterocycles. The molecular formula is C18H18ClFN2O5S. The molecule has 0 atom stereocenters. The highest BCUT2D eigenvalue weighted by Crippen LogP contribution is 2.32. The Morgan fingerprint density at radius 3 is 2.61 bits per heavy atom. The van der Waals surface area contributed by atoms with Gasteiger partial charge in [0.1, 0.15) is 5.82 Å². The summed E-state index contributed by atoms with van der Waals surface area (Å²) in [6, 6.07) is 8.03. The number of nitrogens with zero attached hydrogens (tertiary/aromatic N) is 1. The first-order valence-electron chi connectivity index (χ1n) is 8.38. The monoisotopic (exact) mass is 428 g/mol. The van der Waals surface area contributed by atoms with Gasteiger partial charge in [-0.15, -0.1) is 0 Å². The molecule has 0 aliphatic carbocycles. The minimum Gasteiger partial charge on any atom is -0.490 e. The van der Waals surface area contributed by atoms with Gasteiger partial charge >= 0.3 is 0 Å². The largest absolute Gasteiger partial charge is 0.490 e. The third-order valence-electron chi connectivity index (χ3n) is 4.00. The molecule has 2 aromatic carbocycles. The van der Waals surface area contributed by atoms with Crippen LogP contribution in [-0.4, -0.2) is 45.4 Å². The lowest BCUT2D eigenvalue weighted by atomic mass is 10.3. The molecular weight excluding hydrogens is 411 g/mol. The lowest BCUT2D eigenvalue weighted by Gasteiger charge is -2.18. The van der Waals surface area contributed by atoms with Crippen LogP contribution in [0.3, 0.4) is 0 Å². The predicted molar refractivity (Wildman–Crippen MR) is 102 cm³/mol. The SMILES string of the molecule is CN(CC(=O)Nc1ccc(Cl)cc1F)S(=O)(=O)c1ccc2c(c1)OCCCO2. The van der Waals surface area contributed by atoms with E-state index in [0.717, 1.165) is 10.4 Å². The molecule has 0 saturated heterocycles. The molecule has 1 N–H and O–H groups in total. The molecule has 0 saturated carbocycles. The molecule has 1 amide bonds. The van der Waals surface area contributed by atoms with Gasteiger partial charge in [-0.05, 0) is 30.3 Å². The first-order chi connectivity index (χ1) is 13.3. The molecule has 0 radical (unpaired) electrons. The number of halogens is 2. The van der Waals surface area contributed by atoms with Crippen molar-refractivity contribution in [2.75, 3.05) is 32.1 Å². The lowest BCUT2D eigenvalue weighted by molar-refractivity contribution is -0.116. The number of sulfonamides is 1. The number of hydrogen-bond acceptors (Lipinski definition) is 5.